The Hall–Kier alpha value is -1.77. The SMILES string of the molecule is Cc1cc(NC(=O)c2c(CC(O)CO)cnn2C)c(F)cc1Br. The summed E-state index contributed by atoms with van der Waals surface area (Å²) in [4.78, 5) is 12.4. The minimum atomic E-state index is -0.989. The summed E-state index contributed by atoms with van der Waals surface area (Å²) in [5.41, 5.74) is 1.52. The van der Waals surface area contributed by atoms with Crippen molar-refractivity contribution in [2.75, 3.05) is 11.9 Å². The molecule has 3 N–H and O–H groups in total. The van der Waals surface area contributed by atoms with Crippen molar-refractivity contribution in [3.8, 4) is 0 Å². The number of halogens is 2. The molecule has 2 aromatic rings. The molecule has 8 heteroatoms. The highest BCUT2D eigenvalue weighted by Crippen LogP contribution is 2.24. The largest absolute Gasteiger partial charge is 0.394 e. The topological polar surface area (TPSA) is 87.4 Å². The number of nitrogens with one attached hydrogen (secondary N) is 1. The molecule has 2 rings (SSSR count). The normalized spacial score (nSPS) is 12.3. The third kappa shape index (κ3) is 3.95. The van der Waals surface area contributed by atoms with Gasteiger partial charge >= 0.3 is 0 Å². The molecule has 6 nitrogen and oxygen atoms in total. The van der Waals surface area contributed by atoms with Crippen LogP contribution in [-0.2, 0) is 13.5 Å². The van der Waals surface area contributed by atoms with Gasteiger partial charge in [0.05, 0.1) is 24.6 Å². The van der Waals surface area contributed by atoms with Crippen molar-refractivity contribution in [3.05, 3.63) is 45.4 Å². The van der Waals surface area contributed by atoms with Crippen molar-refractivity contribution in [2.45, 2.75) is 19.4 Å². The highest BCUT2D eigenvalue weighted by molar-refractivity contribution is 9.10. The monoisotopic (exact) mass is 385 g/mol. The molecule has 1 heterocycles. The Morgan fingerprint density at radius 1 is 1.52 bits per heavy atom. The summed E-state index contributed by atoms with van der Waals surface area (Å²) >= 11 is 3.23. The summed E-state index contributed by atoms with van der Waals surface area (Å²) in [6, 6.07) is 2.81. The Kier molecular flexibility index (Phi) is 5.51. The van der Waals surface area contributed by atoms with Crippen molar-refractivity contribution >= 4 is 27.5 Å². The van der Waals surface area contributed by atoms with Gasteiger partial charge in [-0.05, 0) is 24.6 Å². The second-order valence-electron chi connectivity index (χ2n) is 5.22. The van der Waals surface area contributed by atoms with Gasteiger partial charge in [-0.1, -0.05) is 15.9 Å². The van der Waals surface area contributed by atoms with Crippen molar-refractivity contribution in [3.63, 3.8) is 0 Å². The summed E-state index contributed by atoms with van der Waals surface area (Å²) in [7, 11) is 1.58. The maximum absolute atomic E-state index is 14.0. The summed E-state index contributed by atoms with van der Waals surface area (Å²) in [5.74, 6) is -1.10. The number of aliphatic hydroxyl groups excluding tert-OH is 2. The van der Waals surface area contributed by atoms with Crippen LogP contribution in [0.3, 0.4) is 0 Å². The molecule has 0 saturated heterocycles. The minimum absolute atomic E-state index is 0.0607. The van der Waals surface area contributed by atoms with Crippen molar-refractivity contribution < 1.29 is 19.4 Å². The Labute approximate surface area is 141 Å². The van der Waals surface area contributed by atoms with Crippen LogP contribution in [0.25, 0.3) is 0 Å². The summed E-state index contributed by atoms with van der Waals surface area (Å²) in [5, 5.41) is 25.0. The van der Waals surface area contributed by atoms with E-state index in [0.717, 1.165) is 5.56 Å². The molecule has 124 valence electrons. The zero-order valence-corrected chi connectivity index (χ0v) is 14.3. The number of aryl methyl sites for hydroxylation is 2. The molecule has 0 bridgehead atoms. The van der Waals surface area contributed by atoms with E-state index < -0.39 is 24.4 Å². The van der Waals surface area contributed by atoms with Crippen LogP contribution in [0.15, 0.2) is 22.8 Å². The van der Waals surface area contributed by atoms with Gasteiger partial charge in [-0.3, -0.25) is 9.48 Å². The number of carbonyl (C=O) groups is 1. The second kappa shape index (κ2) is 7.20. The fourth-order valence-corrected chi connectivity index (χ4v) is 2.49. The summed E-state index contributed by atoms with van der Waals surface area (Å²) in [6.45, 7) is 1.36. The van der Waals surface area contributed by atoms with Crippen molar-refractivity contribution in [1.29, 1.82) is 0 Å². The molecule has 1 unspecified atom stereocenters. The fourth-order valence-electron chi connectivity index (χ4n) is 2.18. The number of aromatic nitrogens is 2. The first kappa shape index (κ1) is 17.6. The standard InChI is InChI=1S/C15H17BrFN3O3/c1-8-3-13(12(17)5-11(8)16)19-15(23)14-9(4-10(22)7-21)6-18-20(14)2/h3,5-6,10,21-22H,4,7H2,1-2H3,(H,19,23). The third-order valence-electron chi connectivity index (χ3n) is 3.39. The van der Waals surface area contributed by atoms with E-state index in [0.29, 0.717) is 10.0 Å². The molecule has 0 spiro atoms. The van der Waals surface area contributed by atoms with E-state index in [-0.39, 0.29) is 17.8 Å². The predicted molar refractivity (Wildman–Crippen MR) is 86.8 cm³/mol. The van der Waals surface area contributed by atoms with Gasteiger partial charge < -0.3 is 15.5 Å². The van der Waals surface area contributed by atoms with Gasteiger partial charge in [-0.15, -0.1) is 0 Å². The zero-order chi connectivity index (χ0) is 17.1. The number of carbonyl (C=O) groups excluding carboxylic acids is 1. The maximum atomic E-state index is 14.0. The second-order valence-corrected chi connectivity index (χ2v) is 6.07. The summed E-state index contributed by atoms with van der Waals surface area (Å²) < 4.78 is 15.9. The summed E-state index contributed by atoms with van der Waals surface area (Å²) in [6.07, 6.45) is 0.531. The van der Waals surface area contributed by atoms with Gasteiger partial charge in [0.25, 0.3) is 5.91 Å². The van der Waals surface area contributed by atoms with Crippen LogP contribution >= 0.6 is 15.9 Å². The lowest BCUT2D eigenvalue weighted by Gasteiger charge is -2.11. The predicted octanol–water partition coefficient (Wildman–Crippen LogP) is 1.78. The number of aliphatic hydroxyl groups is 2. The van der Waals surface area contributed by atoms with E-state index in [1.54, 1.807) is 14.0 Å². The Balaban J connectivity index is 2.28. The van der Waals surface area contributed by atoms with E-state index in [9.17, 15) is 14.3 Å². The highest BCUT2D eigenvalue weighted by atomic mass is 79.9. The van der Waals surface area contributed by atoms with Crippen molar-refractivity contribution in [1.82, 2.24) is 9.78 Å². The van der Waals surface area contributed by atoms with Gasteiger partial charge in [-0.2, -0.15) is 5.10 Å². The van der Waals surface area contributed by atoms with Gasteiger partial charge in [0.1, 0.15) is 11.5 Å². The van der Waals surface area contributed by atoms with E-state index >= 15 is 0 Å². The molecular weight excluding hydrogens is 369 g/mol. The first-order valence-electron chi connectivity index (χ1n) is 6.90. The van der Waals surface area contributed by atoms with Gasteiger partial charge in [0.15, 0.2) is 0 Å². The minimum Gasteiger partial charge on any atom is -0.394 e. The van der Waals surface area contributed by atoms with Crippen LogP contribution in [-0.4, -0.2) is 38.6 Å². The number of nitrogens with zero attached hydrogens (tertiary/aromatic N) is 2. The number of hydrogen-bond acceptors (Lipinski definition) is 4. The fraction of sp³-hybridized carbons (Fsp3) is 0.333. The van der Waals surface area contributed by atoms with E-state index in [1.807, 2.05) is 0 Å². The first-order chi connectivity index (χ1) is 10.8. The zero-order valence-electron chi connectivity index (χ0n) is 12.7. The third-order valence-corrected chi connectivity index (χ3v) is 4.25. The van der Waals surface area contributed by atoms with Crippen LogP contribution in [0.1, 0.15) is 21.6 Å². The molecular formula is C15H17BrFN3O3. The Morgan fingerprint density at radius 3 is 2.87 bits per heavy atom. The lowest BCUT2D eigenvalue weighted by Crippen LogP contribution is -2.21. The molecule has 1 aromatic carbocycles. The molecule has 0 aliphatic heterocycles. The van der Waals surface area contributed by atoms with Gasteiger partial charge in [0, 0.05) is 23.5 Å². The average Bonchev–Trinajstić information content (AvgIpc) is 2.85. The molecule has 0 radical (unpaired) electrons. The van der Waals surface area contributed by atoms with Crippen molar-refractivity contribution in [2.24, 2.45) is 7.05 Å². The van der Waals surface area contributed by atoms with Crippen LogP contribution in [0.2, 0.25) is 0 Å². The van der Waals surface area contributed by atoms with E-state index in [1.165, 1.54) is 23.0 Å². The number of rotatable bonds is 5. The van der Waals surface area contributed by atoms with E-state index in [4.69, 9.17) is 5.11 Å². The molecule has 0 saturated carbocycles. The van der Waals surface area contributed by atoms with Gasteiger partial charge in [-0.25, -0.2) is 4.39 Å². The van der Waals surface area contributed by atoms with E-state index in [2.05, 4.69) is 26.3 Å². The molecule has 0 aliphatic carbocycles. The molecule has 1 aromatic heterocycles. The molecule has 0 aliphatic rings. The lowest BCUT2D eigenvalue weighted by molar-refractivity contribution is 0.0942. The maximum Gasteiger partial charge on any atom is 0.274 e. The van der Waals surface area contributed by atoms with Gasteiger partial charge in [0.2, 0.25) is 0 Å². The van der Waals surface area contributed by atoms with Crippen LogP contribution in [0.5, 0.6) is 0 Å². The highest BCUT2D eigenvalue weighted by Gasteiger charge is 2.20. The lowest BCUT2D eigenvalue weighted by atomic mass is 10.1. The average molecular weight is 386 g/mol. The number of benzene rings is 1. The Bertz CT molecular complexity index is 733. The molecule has 23 heavy (non-hydrogen) atoms. The Morgan fingerprint density at radius 2 is 2.22 bits per heavy atom. The van der Waals surface area contributed by atoms with Crippen LogP contribution in [0.4, 0.5) is 10.1 Å². The molecule has 1 atom stereocenters. The molecule has 1 amide bonds. The molecule has 0 fully saturated rings. The first-order valence-corrected chi connectivity index (χ1v) is 7.69. The number of hydrogen-bond donors (Lipinski definition) is 3. The quantitative estimate of drug-likeness (QED) is 0.731. The number of amides is 1. The smallest absolute Gasteiger partial charge is 0.274 e. The van der Waals surface area contributed by atoms with Crippen LogP contribution < -0.4 is 5.32 Å². The van der Waals surface area contributed by atoms with Crippen LogP contribution in [0, 0.1) is 12.7 Å². The number of anilines is 1.